The Morgan fingerprint density at radius 1 is 1.18 bits per heavy atom. The van der Waals surface area contributed by atoms with Gasteiger partial charge in [-0.3, -0.25) is 5.43 Å². The van der Waals surface area contributed by atoms with Crippen molar-refractivity contribution < 1.29 is 13.2 Å². The lowest BCUT2D eigenvalue weighted by Crippen LogP contribution is -2.06. The fourth-order valence-corrected chi connectivity index (χ4v) is 3.31. The number of hydrogen-bond donors (Lipinski definition) is 1. The molecule has 9 heteroatoms. The lowest BCUT2D eigenvalue weighted by molar-refractivity contribution is -0.137. The van der Waals surface area contributed by atoms with Gasteiger partial charge in [0.25, 0.3) is 0 Å². The molecule has 2 heterocycles. The van der Waals surface area contributed by atoms with Crippen LogP contribution in [-0.4, -0.2) is 15.8 Å². The van der Waals surface area contributed by atoms with Gasteiger partial charge in [0.15, 0.2) is 5.82 Å². The Morgan fingerprint density at radius 2 is 1.86 bits per heavy atom. The number of aromatic nitrogens is 2. The van der Waals surface area contributed by atoms with Crippen LogP contribution in [0.5, 0.6) is 0 Å². The number of nitrogens with zero attached hydrogens (tertiary/aromatic N) is 3. The van der Waals surface area contributed by atoms with E-state index < -0.39 is 11.7 Å². The average molecular weight is 519 g/mol. The molecule has 4 nitrogen and oxygen atoms in total. The summed E-state index contributed by atoms with van der Waals surface area (Å²) >= 11 is 8.12. The van der Waals surface area contributed by atoms with Crippen LogP contribution in [0.25, 0.3) is 5.69 Å². The minimum Gasteiger partial charge on any atom is -0.318 e. The lowest BCUT2D eigenvalue weighted by atomic mass is 10.2. The number of hydrazone groups is 1. The Balaban J connectivity index is 1.80. The fraction of sp³-hybridized carbons (Fsp3) is 0.158. The molecule has 0 aliphatic rings. The molecule has 0 aliphatic heterocycles. The minimum absolute atomic E-state index is 0.0531. The van der Waals surface area contributed by atoms with Crippen molar-refractivity contribution in [3.8, 4) is 5.69 Å². The van der Waals surface area contributed by atoms with Crippen molar-refractivity contribution in [3.05, 3.63) is 73.7 Å². The van der Waals surface area contributed by atoms with E-state index >= 15 is 0 Å². The molecule has 0 atom stereocenters. The van der Waals surface area contributed by atoms with Crippen LogP contribution in [0, 0.1) is 17.4 Å². The third-order valence-corrected chi connectivity index (χ3v) is 5.10. The summed E-state index contributed by atoms with van der Waals surface area (Å²) in [7, 11) is 0. The van der Waals surface area contributed by atoms with Crippen LogP contribution in [0.3, 0.4) is 0 Å². The second kappa shape index (κ2) is 8.12. The van der Waals surface area contributed by atoms with E-state index in [1.54, 1.807) is 6.21 Å². The zero-order valence-corrected chi connectivity index (χ0v) is 17.8. The van der Waals surface area contributed by atoms with E-state index in [9.17, 15) is 13.2 Å². The number of anilines is 1. The normalized spacial score (nSPS) is 12.0. The van der Waals surface area contributed by atoms with Crippen molar-refractivity contribution in [1.29, 1.82) is 0 Å². The molecule has 0 saturated heterocycles. The number of nitrogens with one attached hydrogen (secondary N) is 1. The number of pyridine rings is 1. The number of rotatable bonds is 4. The van der Waals surface area contributed by atoms with Gasteiger partial charge in [-0.1, -0.05) is 11.6 Å². The van der Waals surface area contributed by atoms with Crippen molar-refractivity contribution in [2.45, 2.75) is 20.0 Å². The van der Waals surface area contributed by atoms with Crippen LogP contribution in [-0.2, 0) is 6.18 Å². The van der Waals surface area contributed by atoms with E-state index in [2.05, 4.69) is 42.7 Å². The fourth-order valence-electron chi connectivity index (χ4n) is 2.74. The first-order chi connectivity index (χ1) is 13.2. The summed E-state index contributed by atoms with van der Waals surface area (Å²) in [5, 5.41) is 3.91. The highest BCUT2D eigenvalue weighted by Crippen LogP contribution is 2.32. The molecule has 0 fully saturated rings. The van der Waals surface area contributed by atoms with Crippen molar-refractivity contribution in [2.24, 2.45) is 5.10 Å². The summed E-state index contributed by atoms with van der Waals surface area (Å²) in [6.45, 7) is 3.96. The first kappa shape index (κ1) is 20.7. The van der Waals surface area contributed by atoms with Crippen molar-refractivity contribution in [1.82, 2.24) is 9.55 Å². The van der Waals surface area contributed by atoms with Crippen LogP contribution < -0.4 is 5.43 Å². The van der Waals surface area contributed by atoms with E-state index in [0.717, 1.165) is 32.3 Å². The Morgan fingerprint density at radius 3 is 2.46 bits per heavy atom. The molecule has 0 amide bonds. The van der Waals surface area contributed by atoms with Gasteiger partial charge in [-0.15, -0.1) is 0 Å². The summed E-state index contributed by atoms with van der Waals surface area (Å²) in [6.07, 6.45) is -2.20. The van der Waals surface area contributed by atoms with Crippen LogP contribution in [0.1, 0.15) is 22.5 Å². The third-order valence-electron chi connectivity index (χ3n) is 4.10. The second-order valence-electron chi connectivity index (χ2n) is 6.06. The molecular weight excluding hydrogens is 504 g/mol. The first-order valence-corrected chi connectivity index (χ1v) is 9.59. The van der Waals surface area contributed by atoms with Gasteiger partial charge in [0.05, 0.1) is 16.8 Å². The highest BCUT2D eigenvalue weighted by molar-refractivity contribution is 14.1. The molecular formula is C19H15ClF3IN4. The molecule has 3 aromatic rings. The maximum Gasteiger partial charge on any atom is 0.417 e. The Labute approximate surface area is 178 Å². The highest BCUT2D eigenvalue weighted by Gasteiger charge is 2.31. The van der Waals surface area contributed by atoms with Crippen molar-refractivity contribution in [3.63, 3.8) is 0 Å². The van der Waals surface area contributed by atoms with Gasteiger partial charge in [0.2, 0.25) is 0 Å². The molecule has 146 valence electrons. The van der Waals surface area contributed by atoms with E-state index in [-0.39, 0.29) is 10.8 Å². The molecule has 0 aliphatic carbocycles. The predicted molar refractivity (Wildman–Crippen MR) is 113 cm³/mol. The largest absolute Gasteiger partial charge is 0.417 e. The van der Waals surface area contributed by atoms with Gasteiger partial charge in [0.1, 0.15) is 0 Å². The summed E-state index contributed by atoms with van der Waals surface area (Å²) < 4.78 is 41.3. The third kappa shape index (κ3) is 4.49. The molecule has 3 rings (SSSR count). The molecule has 0 saturated carbocycles. The maximum absolute atomic E-state index is 12.7. The van der Waals surface area contributed by atoms with Gasteiger partial charge in [-0.2, -0.15) is 18.3 Å². The molecule has 0 unspecified atom stereocenters. The monoisotopic (exact) mass is 518 g/mol. The molecule has 1 aromatic carbocycles. The van der Waals surface area contributed by atoms with Crippen LogP contribution in [0.4, 0.5) is 19.0 Å². The Kier molecular flexibility index (Phi) is 5.99. The summed E-state index contributed by atoms with van der Waals surface area (Å²) in [4.78, 5) is 3.69. The van der Waals surface area contributed by atoms with E-state index in [0.29, 0.717) is 6.20 Å². The van der Waals surface area contributed by atoms with Crippen molar-refractivity contribution in [2.75, 3.05) is 5.43 Å². The maximum atomic E-state index is 12.7. The SMILES string of the molecule is Cc1cc(C=NNc2ncc(C(F)(F)F)cc2Cl)c(C)n1-c1ccc(I)cc1. The van der Waals surface area contributed by atoms with E-state index in [4.69, 9.17) is 11.6 Å². The van der Waals surface area contributed by atoms with Gasteiger partial charge in [-0.05, 0) is 72.8 Å². The molecule has 0 bridgehead atoms. The zero-order valence-electron chi connectivity index (χ0n) is 14.9. The number of alkyl halides is 3. The smallest absolute Gasteiger partial charge is 0.318 e. The minimum atomic E-state index is -4.49. The number of benzene rings is 1. The molecule has 0 radical (unpaired) electrons. The van der Waals surface area contributed by atoms with Crippen molar-refractivity contribution >= 4 is 46.2 Å². The van der Waals surface area contributed by atoms with Gasteiger partial charge in [0, 0.05) is 32.4 Å². The van der Waals surface area contributed by atoms with Crippen LogP contribution in [0.15, 0.2) is 47.7 Å². The summed E-state index contributed by atoms with van der Waals surface area (Å²) in [5.74, 6) is 0.0531. The predicted octanol–water partition coefficient (Wildman–Crippen LogP) is 6.21. The van der Waals surface area contributed by atoms with E-state index in [1.807, 2.05) is 44.2 Å². The summed E-state index contributed by atoms with van der Waals surface area (Å²) in [5.41, 5.74) is 5.60. The highest BCUT2D eigenvalue weighted by atomic mass is 127. The van der Waals surface area contributed by atoms with Gasteiger partial charge >= 0.3 is 6.18 Å². The molecule has 28 heavy (non-hydrogen) atoms. The summed E-state index contributed by atoms with van der Waals surface area (Å²) in [6, 6.07) is 10.9. The standard InChI is InChI=1S/C19H15ClF3IN4/c1-11-7-13(12(2)28(11)16-5-3-15(24)4-6-16)9-26-27-18-17(20)8-14(10-25-18)19(21,22)23/h3-10H,1-2H3,(H,25,27). The van der Waals surface area contributed by atoms with Gasteiger partial charge in [-0.25, -0.2) is 4.98 Å². The number of aryl methyl sites for hydroxylation is 1. The van der Waals surface area contributed by atoms with Crippen LogP contribution in [0.2, 0.25) is 5.02 Å². The Bertz CT molecular complexity index is 1030. The second-order valence-corrected chi connectivity index (χ2v) is 7.71. The molecule has 0 spiro atoms. The average Bonchev–Trinajstić information content (AvgIpc) is 2.90. The number of halogens is 5. The quantitative estimate of drug-likeness (QED) is 0.253. The molecule has 2 aromatic heterocycles. The topological polar surface area (TPSA) is 42.2 Å². The van der Waals surface area contributed by atoms with E-state index in [1.165, 1.54) is 0 Å². The zero-order chi connectivity index (χ0) is 20.5. The first-order valence-electron chi connectivity index (χ1n) is 8.13. The number of hydrogen-bond acceptors (Lipinski definition) is 3. The van der Waals surface area contributed by atoms with Crippen LogP contribution >= 0.6 is 34.2 Å². The molecule has 1 N–H and O–H groups in total. The Hall–Kier alpha value is -2.07. The van der Waals surface area contributed by atoms with Gasteiger partial charge < -0.3 is 4.57 Å². The lowest BCUT2D eigenvalue weighted by Gasteiger charge is -2.09.